The molecule has 1 aromatic rings. The molecule has 1 aliphatic carbocycles. The van der Waals surface area contributed by atoms with E-state index in [-0.39, 0.29) is 6.10 Å². The number of thiocarbonyl (C=S) groups is 1. The second kappa shape index (κ2) is 10.9. The van der Waals surface area contributed by atoms with Gasteiger partial charge in [0, 0.05) is 31.3 Å². The van der Waals surface area contributed by atoms with Crippen molar-refractivity contribution in [2.45, 2.75) is 70.1 Å². The van der Waals surface area contributed by atoms with Gasteiger partial charge in [0.25, 0.3) is 0 Å². The van der Waals surface area contributed by atoms with Crippen LogP contribution in [0, 0.1) is 0 Å². The minimum Gasteiger partial charge on any atom is -0.497 e. The van der Waals surface area contributed by atoms with E-state index in [1.54, 1.807) is 14.2 Å². The molecule has 2 aliphatic rings. The standard InChI is InChI=1S/C22H34N2O3S/c1-25-19-11-12-21(26-2)17(14-19)15-24(16-20-10-7-13-27-20)22(28)23-18-8-5-3-4-6-9-18/h11-12,14,18,20H,3-10,13,15-16H2,1-2H3,(H,23,28)/t20-/m1/s1. The predicted octanol–water partition coefficient (Wildman–Crippen LogP) is 4.28. The fourth-order valence-electron chi connectivity index (χ4n) is 4.15. The molecule has 1 saturated heterocycles. The molecule has 1 aromatic carbocycles. The van der Waals surface area contributed by atoms with Gasteiger partial charge in [0.1, 0.15) is 11.5 Å². The van der Waals surface area contributed by atoms with Gasteiger partial charge in [0.2, 0.25) is 0 Å². The van der Waals surface area contributed by atoms with Crippen LogP contribution in [-0.2, 0) is 11.3 Å². The molecule has 0 amide bonds. The van der Waals surface area contributed by atoms with E-state index in [4.69, 9.17) is 26.4 Å². The molecule has 28 heavy (non-hydrogen) atoms. The Hall–Kier alpha value is -1.53. The number of ether oxygens (including phenoxy) is 3. The van der Waals surface area contributed by atoms with Crippen LogP contribution in [0.3, 0.4) is 0 Å². The second-order valence-electron chi connectivity index (χ2n) is 7.83. The number of nitrogens with zero attached hydrogens (tertiary/aromatic N) is 1. The number of hydrogen-bond acceptors (Lipinski definition) is 4. The number of rotatable bonds is 7. The van der Waals surface area contributed by atoms with Crippen LogP contribution in [0.4, 0.5) is 0 Å². The van der Waals surface area contributed by atoms with E-state index >= 15 is 0 Å². The monoisotopic (exact) mass is 406 g/mol. The van der Waals surface area contributed by atoms with Gasteiger partial charge in [-0.2, -0.15) is 0 Å². The molecule has 1 heterocycles. The van der Waals surface area contributed by atoms with E-state index in [9.17, 15) is 0 Å². The zero-order valence-corrected chi connectivity index (χ0v) is 18.1. The van der Waals surface area contributed by atoms with Crippen molar-refractivity contribution in [3.63, 3.8) is 0 Å². The molecule has 1 saturated carbocycles. The van der Waals surface area contributed by atoms with Gasteiger partial charge in [-0.1, -0.05) is 25.7 Å². The zero-order chi connectivity index (χ0) is 19.8. The topological polar surface area (TPSA) is 43.0 Å². The Bertz CT molecular complexity index is 626. The summed E-state index contributed by atoms with van der Waals surface area (Å²) in [4.78, 5) is 2.24. The molecule has 2 fully saturated rings. The highest BCUT2D eigenvalue weighted by Crippen LogP contribution is 2.26. The molecule has 6 heteroatoms. The van der Waals surface area contributed by atoms with Crippen molar-refractivity contribution < 1.29 is 14.2 Å². The van der Waals surface area contributed by atoms with Gasteiger partial charge >= 0.3 is 0 Å². The lowest BCUT2D eigenvalue weighted by Gasteiger charge is -2.31. The first-order chi connectivity index (χ1) is 13.7. The third-order valence-electron chi connectivity index (χ3n) is 5.77. The Morgan fingerprint density at radius 3 is 2.54 bits per heavy atom. The zero-order valence-electron chi connectivity index (χ0n) is 17.2. The van der Waals surface area contributed by atoms with Gasteiger partial charge in [0.05, 0.1) is 20.3 Å². The molecule has 0 radical (unpaired) electrons. The molecule has 0 aromatic heterocycles. The Morgan fingerprint density at radius 2 is 1.89 bits per heavy atom. The van der Waals surface area contributed by atoms with Gasteiger partial charge in [-0.15, -0.1) is 0 Å². The van der Waals surface area contributed by atoms with Gasteiger partial charge in [-0.05, 0) is 56.1 Å². The summed E-state index contributed by atoms with van der Waals surface area (Å²) in [5.41, 5.74) is 1.07. The molecule has 0 unspecified atom stereocenters. The van der Waals surface area contributed by atoms with E-state index < -0.39 is 0 Å². The average Bonchev–Trinajstić information content (AvgIpc) is 3.09. The lowest BCUT2D eigenvalue weighted by atomic mass is 10.1. The van der Waals surface area contributed by atoms with E-state index in [0.717, 1.165) is 48.2 Å². The van der Waals surface area contributed by atoms with Crippen LogP contribution in [0.2, 0.25) is 0 Å². The van der Waals surface area contributed by atoms with E-state index in [1.165, 1.54) is 38.5 Å². The first-order valence-corrected chi connectivity index (χ1v) is 11.0. The SMILES string of the molecule is COc1ccc(OC)c(CN(C[C@H]2CCCO2)C(=S)NC2CCCCCC2)c1. The summed E-state index contributed by atoms with van der Waals surface area (Å²) in [5.74, 6) is 1.69. The number of hydrogen-bond donors (Lipinski definition) is 1. The molecule has 1 atom stereocenters. The van der Waals surface area contributed by atoms with Crippen LogP contribution >= 0.6 is 12.2 Å². The highest BCUT2D eigenvalue weighted by molar-refractivity contribution is 7.80. The largest absolute Gasteiger partial charge is 0.497 e. The first kappa shape index (κ1) is 21.2. The van der Waals surface area contributed by atoms with Crippen molar-refractivity contribution in [2.24, 2.45) is 0 Å². The Morgan fingerprint density at radius 1 is 1.11 bits per heavy atom. The van der Waals surface area contributed by atoms with Crippen LogP contribution in [0.25, 0.3) is 0 Å². The van der Waals surface area contributed by atoms with Crippen molar-refractivity contribution in [2.75, 3.05) is 27.4 Å². The van der Waals surface area contributed by atoms with Crippen LogP contribution in [0.15, 0.2) is 18.2 Å². The average molecular weight is 407 g/mol. The lowest BCUT2D eigenvalue weighted by molar-refractivity contribution is 0.0893. The van der Waals surface area contributed by atoms with Gasteiger partial charge in [-0.25, -0.2) is 0 Å². The molecule has 0 bridgehead atoms. The van der Waals surface area contributed by atoms with Crippen molar-refractivity contribution in [3.05, 3.63) is 23.8 Å². The fourth-order valence-corrected chi connectivity index (χ4v) is 4.46. The smallest absolute Gasteiger partial charge is 0.169 e. The molecule has 0 spiro atoms. The maximum atomic E-state index is 5.90. The molecule has 1 N–H and O–H groups in total. The summed E-state index contributed by atoms with van der Waals surface area (Å²) in [6.45, 7) is 2.33. The van der Waals surface area contributed by atoms with Gasteiger partial charge < -0.3 is 24.4 Å². The van der Waals surface area contributed by atoms with Crippen LogP contribution in [0.5, 0.6) is 11.5 Å². The third-order valence-corrected chi connectivity index (χ3v) is 6.14. The van der Waals surface area contributed by atoms with E-state index in [0.29, 0.717) is 12.6 Å². The van der Waals surface area contributed by atoms with Crippen molar-refractivity contribution in [1.82, 2.24) is 10.2 Å². The third kappa shape index (κ3) is 5.98. The maximum Gasteiger partial charge on any atom is 0.169 e. The molecular formula is C22H34N2O3S. The minimum absolute atomic E-state index is 0.241. The summed E-state index contributed by atoms with van der Waals surface area (Å²) in [7, 11) is 3.39. The van der Waals surface area contributed by atoms with Crippen LogP contribution in [-0.4, -0.2) is 49.5 Å². The normalized spacial score (nSPS) is 20.4. The van der Waals surface area contributed by atoms with Crippen molar-refractivity contribution >= 4 is 17.3 Å². The number of benzene rings is 1. The summed E-state index contributed by atoms with van der Waals surface area (Å²) < 4.78 is 16.9. The highest BCUT2D eigenvalue weighted by atomic mass is 32.1. The van der Waals surface area contributed by atoms with Crippen LogP contribution < -0.4 is 14.8 Å². The Balaban J connectivity index is 1.73. The molecule has 5 nitrogen and oxygen atoms in total. The lowest BCUT2D eigenvalue weighted by Crippen LogP contribution is -2.46. The maximum absolute atomic E-state index is 5.90. The van der Waals surface area contributed by atoms with Crippen molar-refractivity contribution in [3.8, 4) is 11.5 Å². The van der Waals surface area contributed by atoms with Crippen LogP contribution in [0.1, 0.15) is 56.9 Å². The first-order valence-electron chi connectivity index (χ1n) is 10.6. The molecule has 3 rings (SSSR count). The van der Waals surface area contributed by atoms with Crippen molar-refractivity contribution in [1.29, 1.82) is 0 Å². The summed E-state index contributed by atoms with van der Waals surface area (Å²) >= 11 is 5.86. The van der Waals surface area contributed by atoms with Gasteiger partial charge in [0.15, 0.2) is 5.11 Å². The summed E-state index contributed by atoms with van der Waals surface area (Å²) in [6, 6.07) is 6.40. The van der Waals surface area contributed by atoms with Gasteiger partial charge in [-0.3, -0.25) is 0 Å². The Kier molecular flexibility index (Phi) is 8.22. The molecule has 1 aliphatic heterocycles. The van der Waals surface area contributed by atoms with E-state index in [2.05, 4.69) is 10.2 Å². The highest BCUT2D eigenvalue weighted by Gasteiger charge is 2.24. The predicted molar refractivity (Wildman–Crippen MR) is 116 cm³/mol. The second-order valence-corrected chi connectivity index (χ2v) is 8.22. The quantitative estimate of drug-likeness (QED) is 0.538. The minimum atomic E-state index is 0.241. The molecule has 156 valence electrons. The summed E-state index contributed by atoms with van der Waals surface area (Å²) in [6.07, 6.45) is 10.1. The Labute approximate surface area is 174 Å². The number of nitrogens with one attached hydrogen (secondary N) is 1. The summed E-state index contributed by atoms with van der Waals surface area (Å²) in [5, 5.41) is 4.48. The molecular weight excluding hydrogens is 372 g/mol. The fraction of sp³-hybridized carbons (Fsp3) is 0.682. The number of methoxy groups -OCH3 is 2. The van der Waals surface area contributed by atoms with E-state index in [1.807, 2.05) is 18.2 Å².